The van der Waals surface area contributed by atoms with Crippen molar-refractivity contribution < 1.29 is 26.6 Å². The molecule has 1 aliphatic heterocycles. The maximum absolute atomic E-state index is 5.58. The lowest BCUT2D eigenvalue weighted by Crippen LogP contribution is -3.00. The summed E-state index contributed by atoms with van der Waals surface area (Å²) >= 11 is 0. The lowest BCUT2D eigenvalue weighted by molar-refractivity contribution is -0.00000746. The van der Waals surface area contributed by atoms with Gasteiger partial charge >= 0.3 is 0 Å². The van der Waals surface area contributed by atoms with E-state index in [2.05, 4.69) is 59.9 Å². The lowest BCUT2D eigenvalue weighted by atomic mass is 9.88. The number of ether oxygens (including phenoxy) is 3. The highest BCUT2D eigenvalue weighted by Crippen LogP contribution is 2.37. The highest BCUT2D eigenvalue weighted by molar-refractivity contribution is 5.47. The van der Waals surface area contributed by atoms with E-state index >= 15 is 0 Å². The Hall–Kier alpha value is -2.69. The summed E-state index contributed by atoms with van der Waals surface area (Å²) in [6.07, 6.45) is 1.000. The average molecular weight is 411 g/mol. The van der Waals surface area contributed by atoms with E-state index in [9.17, 15) is 0 Å². The van der Waals surface area contributed by atoms with Gasteiger partial charge in [-0.25, -0.2) is 0 Å². The molecule has 29 heavy (non-hydrogen) atoms. The Morgan fingerprint density at radius 1 is 0.897 bits per heavy atom. The summed E-state index contributed by atoms with van der Waals surface area (Å²) in [4.78, 5) is 0. The fourth-order valence-electron chi connectivity index (χ4n) is 3.56. The van der Waals surface area contributed by atoms with Crippen LogP contribution in [0.25, 0.3) is 0 Å². The molecule has 1 atom stereocenters. The molecule has 0 aliphatic carbocycles. The molecule has 0 fully saturated rings. The number of benzene rings is 3. The first-order valence-electron chi connectivity index (χ1n) is 9.61. The maximum Gasteiger partial charge on any atom is 0.231 e. The van der Waals surface area contributed by atoms with Gasteiger partial charge in [-0.2, -0.15) is 0 Å². The van der Waals surface area contributed by atoms with E-state index in [0.717, 1.165) is 36.8 Å². The number of hydrogen-bond acceptors (Lipinski definition) is 4. The summed E-state index contributed by atoms with van der Waals surface area (Å²) in [6.45, 7) is 2.06. The largest absolute Gasteiger partial charge is 1.00 e. The Labute approximate surface area is 178 Å². The van der Waals surface area contributed by atoms with Crippen molar-refractivity contribution in [2.24, 2.45) is 0 Å². The monoisotopic (exact) mass is 410 g/mol. The molecule has 1 aliphatic rings. The second-order valence-corrected chi connectivity index (χ2v) is 6.89. The molecule has 0 amide bonds. The maximum atomic E-state index is 5.58. The lowest BCUT2D eigenvalue weighted by Gasteiger charge is -2.19. The van der Waals surface area contributed by atoms with Crippen LogP contribution in [-0.2, 0) is 6.54 Å². The van der Waals surface area contributed by atoms with Crippen LogP contribution in [0.3, 0.4) is 0 Å². The SMILES string of the molecule is COc1ccc(CNCCC(c2ccccc2)c2ccc3c(c2)OCO3)cc1.[Cl-]. The topological polar surface area (TPSA) is 39.7 Å². The Balaban J connectivity index is 0.00000240. The molecule has 0 saturated carbocycles. The highest BCUT2D eigenvalue weighted by atomic mass is 35.5. The standard InChI is InChI=1S/C24H25NO3.ClH/c1-26-21-10-7-18(8-11-21)16-25-14-13-22(19-5-3-2-4-6-19)20-9-12-23-24(15-20)28-17-27-23;/h2-12,15,22,25H,13-14,16-17H2,1H3;1H/p-1. The zero-order valence-corrected chi connectivity index (χ0v) is 17.2. The van der Waals surface area contributed by atoms with E-state index in [1.807, 2.05) is 18.2 Å². The highest BCUT2D eigenvalue weighted by Gasteiger charge is 2.19. The van der Waals surface area contributed by atoms with Gasteiger partial charge in [0.25, 0.3) is 0 Å². The van der Waals surface area contributed by atoms with Crippen molar-refractivity contribution in [3.63, 3.8) is 0 Å². The van der Waals surface area contributed by atoms with E-state index in [0.29, 0.717) is 12.7 Å². The Kier molecular flexibility index (Phi) is 7.39. The van der Waals surface area contributed by atoms with Crippen LogP contribution >= 0.6 is 0 Å². The van der Waals surface area contributed by atoms with Crippen LogP contribution in [0.1, 0.15) is 29.0 Å². The van der Waals surface area contributed by atoms with Gasteiger partial charge in [0.2, 0.25) is 6.79 Å². The first kappa shape index (κ1) is 21.0. The van der Waals surface area contributed by atoms with Gasteiger partial charge in [-0.05, 0) is 53.9 Å². The summed E-state index contributed by atoms with van der Waals surface area (Å²) in [5, 5.41) is 3.56. The van der Waals surface area contributed by atoms with Gasteiger partial charge in [0.05, 0.1) is 7.11 Å². The normalized spacial score (nSPS) is 12.9. The van der Waals surface area contributed by atoms with Crippen molar-refractivity contribution in [2.45, 2.75) is 18.9 Å². The fraction of sp³-hybridized carbons (Fsp3) is 0.250. The Bertz CT molecular complexity index is 900. The minimum absolute atomic E-state index is 0. The van der Waals surface area contributed by atoms with E-state index < -0.39 is 0 Å². The minimum atomic E-state index is 0. The number of methoxy groups -OCH3 is 1. The van der Waals surface area contributed by atoms with Crippen molar-refractivity contribution in [1.29, 1.82) is 0 Å². The van der Waals surface area contributed by atoms with Crippen LogP contribution in [0, 0.1) is 0 Å². The summed E-state index contributed by atoms with van der Waals surface area (Å²) < 4.78 is 16.3. The molecule has 1 heterocycles. The van der Waals surface area contributed by atoms with Crippen molar-refractivity contribution in [1.82, 2.24) is 5.32 Å². The average Bonchev–Trinajstić information content (AvgIpc) is 3.23. The van der Waals surface area contributed by atoms with Gasteiger partial charge in [0, 0.05) is 12.5 Å². The van der Waals surface area contributed by atoms with Crippen molar-refractivity contribution >= 4 is 0 Å². The number of halogens is 1. The molecule has 0 saturated heterocycles. The fourth-order valence-corrected chi connectivity index (χ4v) is 3.56. The molecule has 0 radical (unpaired) electrons. The Morgan fingerprint density at radius 3 is 2.41 bits per heavy atom. The van der Waals surface area contributed by atoms with Crippen molar-refractivity contribution in [2.75, 3.05) is 20.4 Å². The molecule has 3 aromatic rings. The molecule has 1 unspecified atom stereocenters. The third-order valence-electron chi connectivity index (χ3n) is 5.10. The molecule has 1 N–H and O–H groups in total. The van der Waals surface area contributed by atoms with Gasteiger partial charge in [0.1, 0.15) is 5.75 Å². The first-order valence-corrected chi connectivity index (χ1v) is 9.61. The van der Waals surface area contributed by atoms with E-state index in [4.69, 9.17) is 14.2 Å². The summed E-state index contributed by atoms with van der Waals surface area (Å²) in [5.74, 6) is 2.85. The molecular formula is C24H25ClNO3-. The smallest absolute Gasteiger partial charge is 0.231 e. The predicted molar refractivity (Wildman–Crippen MR) is 110 cm³/mol. The van der Waals surface area contributed by atoms with Crippen molar-refractivity contribution in [3.8, 4) is 17.2 Å². The van der Waals surface area contributed by atoms with E-state index in [1.54, 1.807) is 7.11 Å². The van der Waals surface area contributed by atoms with Gasteiger partial charge in [-0.3, -0.25) is 0 Å². The van der Waals surface area contributed by atoms with E-state index in [1.165, 1.54) is 16.7 Å². The Morgan fingerprint density at radius 2 is 1.66 bits per heavy atom. The zero-order valence-electron chi connectivity index (χ0n) is 16.4. The predicted octanol–water partition coefficient (Wildman–Crippen LogP) is 1.74. The van der Waals surface area contributed by atoms with E-state index in [-0.39, 0.29) is 12.4 Å². The summed E-state index contributed by atoms with van der Waals surface area (Å²) in [7, 11) is 1.69. The molecule has 3 aromatic carbocycles. The first-order chi connectivity index (χ1) is 13.8. The molecule has 4 nitrogen and oxygen atoms in total. The molecule has 5 heteroatoms. The zero-order chi connectivity index (χ0) is 19.2. The molecule has 0 aromatic heterocycles. The van der Waals surface area contributed by atoms with Gasteiger partial charge < -0.3 is 31.9 Å². The number of hydrogen-bond donors (Lipinski definition) is 1. The quantitative estimate of drug-likeness (QED) is 0.574. The summed E-state index contributed by atoms with van der Waals surface area (Å²) in [5.41, 5.74) is 3.81. The number of rotatable bonds is 8. The van der Waals surface area contributed by atoms with Crippen molar-refractivity contribution in [3.05, 3.63) is 89.5 Å². The summed E-state index contributed by atoms with van der Waals surface area (Å²) in [6, 6.07) is 25.1. The van der Waals surface area contributed by atoms with Crippen LogP contribution in [0.2, 0.25) is 0 Å². The minimum Gasteiger partial charge on any atom is -1.00 e. The third-order valence-corrected chi connectivity index (χ3v) is 5.10. The van der Waals surface area contributed by atoms with Crippen LogP contribution in [0.15, 0.2) is 72.8 Å². The second kappa shape index (κ2) is 10.2. The van der Waals surface area contributed by atoms with Gasteiger partial charge in [0.15, 0.2) is 11.5 Å². The molecule has 152 valence electrons. The van der Waals surface area contributed by atoms with Crippen LogP contribution in [0.4, 0.5) is 0 Å². The third kappa shape index (κ3) is 5.22. The number of nitrogens with one attached hydrogen (secondary N) is 1. The number of fused-ring (bicyclic) bond motifs is 1. The van der Waals surface area contributed by atoms with Crippen LogP contribution in [0.5, 0.6) is 17.2 Å². The van der Waals surface area contributed by atoms with Crippen LogP contribution in [-0.4, -0.2) is 20.4 Å². The van der Waals surface area contributed by atoms with Gasteiger partial charge in [-0.15, -0.1) is 0 Å². The second-order valence-electron chi connectivity index (χ2n) is 6.89. The van der Waals surface area contributed by atoms with Gasteiger partial charge in [-0.1, -0.05) is 48.5 Å². The molecular weight excluding hydrogens is 386 g/mol. The van der Waals surface area contributed by atoms with Crippen LogP contribution < -0.4 is 31.9 Å². The molecule has 0 spiro atoms. The molecule has 0 bridgehead atoms. The molecule has 4 rings (SSSR count).